The van der Waals surface area contributed by atoms with E-state index in [2.05, 4.69) is 155 Å². The third-order valence-corrected chi connectivity index (χ3v) is 11.0. The van der Waals surface area contributed by atoms with Crippen LogP contribution in [0.25, 0.3) is 82.0 Å². The molecule has 3 aromatic heterocycles. The van der Waals surface area contributed by atoms with Crippen LogP contribution in [0.3, 0.4) is 0 Å². The normalized spacial score (nSPS) is 14.8. The number of aromatic nitrogens is 2. The number of para-hydroxylation sites is 3. The molecule has 2 aliphatic carbocycles. The van der Waals surface area contributed by atoms with Gasteiger partial charge in [0.2, 0.25) is 0 Å². The largest absolute Gasteiger partial charge is 0.312 e. The van der Waals surface area contributed by atoms with Crippen molar-refractivity contribution in [2.45, 2.75) is 19.3 Å². The molecule has 0 spiro atoms. The Kier molecular flexibility index (Phi) is 5.67. The molecule has 3 heteroatoms. The summed E-state index contributed by atoms with van der Waals surface area (Å²) in [5.74, 6) is 0. The van der Waals surface area contributed by atoms with Gasteiger partial charge in [-0.25, -0.2) is 0 Å². The zero-order chi connectivity index (χ0) is 30.2. The van der Waals surface area contributed by atoms with Crippen molar-refractivity contribution in [3.05, 3.63) is 150 Å². The van der Waals surface area contributed by atoms with E-state index in [0.29, 0.717) is 0 Å². The van der Waals surface area contributed by atoms with Crippen LogP contribution in [0.1, 0.15) is 24.8 Å². The Bertz CT molecular complexity index is 2780. The second-order valence-electron chi connectivity index (χ2n) is 12.3. The van der Waals surface area contributed by atoms with Gasteiger partial charge in [-0.1, -0.05) is 103 Å². The van der Waals surface area contributed by atoms with Crippen molar-refractivity contribution >= 4 is 87.6 Å². The number of nitrogens with zero attached hydrogens (tertiary/aromatic N) is 2. The van der Waals surface area contributed by atoms with Crippen molar-refractivity contribution < 1.29 is 0 Å². The molecule has 3 heterocycles. The Morgan fingerprint density at radius 2 is 1.35 bits per heavy atom. The van der Waals surface area contributed by atoms with Crippen LogP contribution in [-0.2, 0) is 0 Å². The summed E-state index contributed by atoms with van der Waals surface area (Å²) < 4.78 is 7.73. The number of hydrogen-bond donors (Lipinski definition) is 0. The number of allylic oxidation sites excluding steroid dienone is 6. The Labute approximate surface area is 270 Å². The summed E-state index contributed by atoms with van der Waals surface area (Å²) in [6, 6.07) is 40.4. The molecule has 46 heavy (non-hydrogen) atoms. The Hall–Kier alpha value is -5.38. The van der Waals surface area contributed by atoms with Crippen LogP contribution in [0.2, 0.25) is 0 Å². The van der Waals surface area contributed by atoms with Gasteiger partial charge in [-0.3, -0.25) is 0 Å². The number of rotatable bonds is 3. The van der Waals surface area contributed by atoms with Crippen LogP contribution in [0.5, 0.6) is 0 Å². The number of fused-ring (bicyclic) bond motifs is 10. The molecular weight excluding hydrogens is 577 g/mol. The van der Waals surface area contributed by atoms with E-state index in [1.165, 1.54) is 86.0 Å². The summed E-state index contributed by atoms with van der Waals surface area (Å²) in [6.07, 6.45) is 16.8. The maximum atomic E-state index is 2.54. The summed E-state index contributed by atoms with van der Waals surface area (Å²) in [7, 11) is 0. The van der Waals surface area contributed by atoms with Gasteiger partial charge in [-0.15, -0.1) is 11.3 Å². The molecule has 0 saturated heterocycles. The molecule has 10 rings (SSSR count). The lowest BCUT2D eigenvalue weighted by Gasteiger charge is -2.22. The minimum Gasteiger partial charge on any atom is -0.312 e. The van der Waals surface area contributed by atoms with Gasteiger partial charge >= 0.3 is 0 Å². The molecule has 2 aliphatic rings. The van der Waals surface area contributed by atoms with E-state index >= 15 is 0 Å². The number of thiophene rings is 1. The van der Waals surface area contributed by atoms with E-state index < -0.39 is 0 Å². The average molecular weight is 607 g/mol. The van der Waals surface area contributed by atoms with Crippen LogP contribution in [-0.4, -0.2) is 9.13 Å². The zero-order valence-electron chi connectivity index (χ0n) is 25.3. The van der Waals surface area contributed by atoms with Crippen molar-refractivity contribution in [3.8, 4) is 5.69 Å². The number of benzene rings is 5. The predicted molar refractivity (Wildman–Crippen MR) is 199 cm³/mol. The summed E-state index contributed by atoms with van der Waals surface area (Å²) >= 11 is 1.89. The van der Waals surface area contributed by atoms with Crippen molar-refractivity contribution in [2.75, 3.05) is 0 Å². The second-order valence-corrected chi connectivity index (χ2v) is 13.4. The van der Waals surface area contributed by atoms with Gasteiger partial charge in [-0.2, -0.15) is 0 Å². The summed E-state index contributed by atoms with van der Waals surface area (Å²) in [5, 5.41) is 9.28. The first kappa shape index (κ1) is 25.9. The number of hydrogen-bond acceptors (Lipinski definition) is 1. The Morgan fingerprint density at radius 3 is 2.26 bits per heavy atom. The summed E-state index contributed by atoms with van der Waals surface area (Å²) in [4.78, 5) is 0. The lowest BCUT2D eigenvalue weighted by atomic mass is 9.94. The molecule has 0 N–H and O–H groups in total. The fraction of sp³-hybridized carbons (Fsp3) is 0.0698. The Balaban J connectivity index is 1.32. The summed E-state index contributed by atoms with van der Waals surface area (Å²) in [6.45, 7) is 0. The molecule has 8 aromatic rings. The topological polar surface area (TPSA) is 9.86 Å². The molecule has 0 fully saturated rings. The van der Waals surface area contributed by atoms with Gasteiger partial charge in [0.15, 0.2) is 0 Å². The molecule has 0 saturated carbocycles. The first-order chi connectivity index (χ1) is 22.9. The lowest BCUT2D eigenvalue weighted by Crippen LogP contribution is -2.29. The SMILES string of the molecule is C1=CCC=c2c(n(C3=C(c4ccccc4-n4c5ccccc5c5c6c(ccc54)sc4ccccc46)C=CCC3)c3ccccc23)=C1. The van der Waals surface area contributed by atoms with Crippen molar-refractivity contribution in [1.82, 2.24) is 9.13 Å². The second kappa shape index (κ2) is 10.1. The molecule has 0 aliphatic heterocycles. The highest BCUT2D eigenvalue weighted by Crippen LogP contribution is 2.44. The van der Waals surface area contributed by atoms with Crippen LogP contribution in [0, 0.1) is 0 Å². The molecule has 0 unspecified atom stereocenters. The summed E-state index contributed by atoms with van der Waals surface area (Å²) in [5.41, 5.74) is 8.89. The quantitative estimate of drug-likeness (QED) is 0.189. The van der Waals surface area contributed by atoms with Crippen LogP contribution >= 0.6 is 11.3 Å². The lowest BCUT2D eigenvalue weighted by molar-refractivity contribution is 0.948. The standard InChI is InChI=1S/C43H30N2S/c1-2-14-28-29-15-4-9-21-35(29)44(34(28)20-3-1)36-22-10-5-16-30(36)31-17-6-11-23-37(31)45-38-24-12-7-18-32(38)42-39(45)26-27-41-43(42)33-19-8-13-25-40(33)46-41/h1,3-9,11-21,23-27H,2,10,22H2. The smallest absolute Gasteiger partial charge is 0.0548 e. The maximum absolute atomic E-state index is 2.54. The van der Waals surface area contributed by atoms with Gasteiger partial charge in [0.05, 0.1) is 27.6 Å². The fourth-order valence-electron chi connectivity index (χ4n) is 7.94. The van der Waals surface area contributed by atoms with E-state index in [9.17, 15) is 0 Å². The molecule has 0 amide bonds. The molecular formula is C43H30N2S. The molecule has 2 nitrogen and oxygen atoms in total. The Morgan fingerprint density at radius 1 is 0.587 bits per heavy atom. The minimum atomic E-state index is 0.951. The van der Waals surface area contributed by atoms with Crippen molar-refractivity contribution in [2.24, 2.45) is 0 Å². The van der Waals surface area contributed by atoms with Crippen LogP contribution in [0.15, 0.2) is 133 Å². The first-order valence-corrected chi connectivity index (χ1v) is 17.0. The average Bonchev–Trinajstić information content (AvgIpc) is 3.68. The fourth-order valence-corrected chi connectivity index (χ4v) is 9.05. The molecule has 5 aromatic carbocycles. The zero-order valence-corrected chi connectivity index (χ0v) is 26.1. The van der Waals surface area contributed by atoms with Gasteiger partial charge in [0.25, 0.3) is 0 Å². The van der Waals surface area contributed by atoms with Gasteiger partial charge < -0.3 is 9.13 Å². The first-order valence-electron chi connectivity index (χ1n) is 16.2. The van der Waals surface area contributed by atoms with E-state index in [4.69, 9.17) is 0 Å². The predicted octanol–water partition coefficient (Wildman–Crippen LogP) is 10.3. The minimum absolute atomic E-state index is 0.951. The van der Waals surface area contributed by atoms with E-state index in [1.54, 1.807) is 0 Å². The monoisotopic (exact) mass is 606 g/mol. The van der Waals surface area contributed by atoms with Gasteiger partial charge in [0.1, 0.15) is 0 Å². The highest BCUT2D eigenvalue weighted by Gasteiger charge is 2.22. The van der Waals surface area contributed by atoms with Crippen molar-refractivity contribution in [1.29, 1.82) is 0 Å². The van der Waals surface area contributed by atoms with Gasteiger partial charge in [-0.05, 0) is 61.7 Å². The molecule has 0 bridgehead atoms. The van der Waals surface area contributed by atoms with Crippen molar-refractivity contribution in [3.63, 3.8) is 0 Å². The molecule has 0 radical (unpaired) electrons. The molecule has 0 atom stereocenters. The highest BCUT2D eigenvalue weighted by atomic mass is 32.1. The maximum Gasteiger partial charge on any atom is 0.0548 e. The van der Waals surface area contributed by atoms with E-state index in [-0.39, 0.29) is 0 Å². The molecule has 218 valence electrons. The third kappa shape index (κ3) is 3.64. The van der Waals surface area contributed by atoms with E-state index in [0.717, 1.165) is 19.3 Å². The third-order valence-electron chi connectivity index (χ3n) is 9.83. The van der Waals surface area contributed by atoms with Crippen LogP contribution < -0.4 is 10.6 Å². The highest BCUT2D eigenvalue weighted by molar-refractivity contribution is 7.26. The van der Waals surface area contributed by atoms with E-state index in [1.807, 2.05) is 11.3 Å². The van der Waals surface area contributed by atoms with Gasteiger partial charge in [0, 0.05) is 58.4 Å². The van der Waals surface area contributed by atoms with Crippen LogP contribution in [0.4, 0.5) is 0 Å².